The Balaban J connectivity index is 1.16. The van der Waals surface area contributed by atoms with Crippen LogP contribution in [0.4, 0.5) is 0 Å². The number of hydrogen-bond donors (Lipinski definition) is 0. The molecule has 200 valence electrons. The molecule has 0 saturated carbocycles. The molecule has 4 heterocycles. The number of thiophene rings is 1. The van der Waals surface area contributed by atoms with Crippen LogP contribution in [0.25, 0.3) is 86.5 Å². The molecule has 3 nitrogen and oxygen atoms in total. The van der Waals surface area contributed by atoms with Crippen LogP contribution in [0.3, 0.4) is 0 Å². The van der Waals surface area contributed by atoms with E-state index in [1.165, 1.54) is 30.9 Å². The average Bonchev–Trinajstić information content (AvgIpc) is 3.47. The highest BCUT2D eigenvalue weighted by molar-refractivity contribution is 7.26. The van der Waals surface area contributed by atoms with Gasteiger partial charge in [-0.2, -0.15) is 0 Å². The maximum Gasteiger partial charge on any atom is 0.0972 e. The number of aromatic nitrogens is 3. The third-order valence-corrected chi connectivity index (χ3v) is 9.53. The number of rotatable bonds is 3. The SMILES string of the molecule is c1ccc(-c2cnc3c(ccc4ccc(-c5cccc(-c6cccc7c6ccc6c8ccccc8sc76)n5)nc43)c2)cc1. The monoisotopic (exact) mass is 565 g/mol. The van der Waals surface area contributed by atoms with Gasteiger partial charge in [0.15, 0.2) is 0 Å². The van der Waals surface area contributed by atoms with Crippen molar-refractivity contribution in [2.24, 2.45) is 0 Å². The molecular weight excluding hydrogens is 543 g/mol. The van der Waals surface area contributed by atoms with Gasteiger partial charge in [-0.05, 0) is 41.3 Å². The van der Waals surface area contributed by atoms with Crippen LogP contribution in [-0.4, -0.2) is 15.0 Å². The van der Waals surface area contributed by atoms with E-state index in [1.54, 1.807) is 0 Å². The quantitative estimate of drug-likeness (QED) is 0.200. The predicted molar refractivity (Wildman–Crippen MR) is 182 cm³/mol. The van der Waals surface area contributed by atoms with Crippen LogP contribution in [-0.2, 0) is 0 Å². The second-order valence-electron chi connectivity index (χ2n) is 10.8. The normalized spacial score (nSPS) is 11.7. The molecule has 4 heteroatoms. The fourth-order valence-electron chi connectivity index (χ4n) is 6.20. The van der Waals surface area contributed by atoms with Gasteiger partial charge in [0.2, 0.25) is 0 Å². The molecule has 43 heavy (non-hydrogen) atoms. The number of nitrogens with zero attached hydrogens (tertiary/aromatic N) is 3. The first-order valence-corrected chi connectivity index (χ1v) is 15.2. The Kier molecular flexibility index (Phi) is 5.37. The highest BCUT2D eigenvalue weighted by Gasteiger charge is 2.14. The fourth-order valence-corrected chi connectivity index (χ4v) is 7.43. The van der Waals surface area contributed by atoms with Gasteiger partial charge in [0, 0.05) is 53.7 Å². The summed E-state index contributed by atoms with van der Waals surface area (Å²) in [7, 11) is 0. The smallest absolute Gasteiger partial charge is 0.0972 e. The van der Waals surface area contributed by atoms with E-state index in [1.807, 2.05) is 29.7 Å². The van der Waals surface area contributed by atoms with Crippen molar-refractivity contribution in [3.63, 3.8) is 0 Å². The van der Waals surface area contributed by atoms with E-state index in [4.69, 9.17) is 15.0 Å². The second-order valence-corrected chi connectivity index (χ2v) is 11.9. The van der Waals surface area contributed by atoms with Crippen LogP contribution in [0.2, 0.25) is 0 Å². The summed E-state index contributed by atoms with van der Waals surface area (Å²) >= 11 is 1.86. The summed E-state index contributed by atoms with van der Waals surface area (Å²) in [5, 5.41) is 7.23. The van der Waals surface area contributed by atoms with E-state index in [2.05, 4.69) is 121 Å². The second kappa shape index (κ2) is 9.55. The van der Waals surface area contributed by atoms with Gasteiger partial charge >= 0.3 is 0 Å². The lowest BCUT2D eigenvalue weighted by atomic mass is 9.99. The molecule has 0 fully saturated rings. The first kappa shape index (κ1) is 24.2. The number of hydrogen-bond acceptors (Lipinski definition) is 4. The molecule has 0 radical (unpaired) electrons. The van der Waals surface area contributed by atoms with Crippen LogP contribution in [0.15, 0.2) is 140 Å². The molecule has 0 saturated heterocycles. The Morgan fingerprint density at radius 1 is 0.442 bits per heavy atom. The Morgan fingerprint density at radius 3 is 2.12 bits per heavy atom. The van der Waals surface area contributed by atoms with E-state index in [-0.39, 0.29) is 0 Å². The molecule has 0 aliphatic carbocycles. The zero-order chi connectivity index (χ0) is 28.3. The lowest BCUT2D eigenvalue weighted by Gasteiger charge is -2.10. The zero-order valence-corrected chi connectivity index (χ0v) is 23.8. The summed E-state index contributed by atoms with van der Waals surface area (Å²) in [6, 6.07) is 46.9. The molecule has 0 aliphatic heterocycles. The number of fused-ring (bicyclic) bond motifs is 8. The standard InChI is InChI=1S/C39H23N3S/c1-2-8-24(9-3-1)27-22-26-17-16-25-18-21-35(42-38(25)37(26)40-23-27)34-14-7-13-33(41-34)29-11-6-12-31-28(29)19-20-32-30-10-4-5-15-36(30)43-39(31)32/h1-23H. The molecule has 9 rings (SSSR count). The maximum atomic E-state index is 5.15. The summed E-state index contributed by atoms with van der Waals surface area (Å²) in [4.78, 5) is 15.1. The molecule has 9 aromatic rings. The van der Waals surface area contributed by atoms with Crippen molar-refractivity contribution >= 4 is 64.1 Å². The van der Waals surface area contributed by atoms with Gasteiger partial charge in [-0.15, -0.1) is 11.3 Å². The summed E-state index contributed by atoms with van der Waals surface area (Å²) in [6.07, 6.45) is 1.94. The van der Waals surface area contributed by atoms with E-state index in [9.17, 15) is 0 Å². The van der Waals surface area contributed by atoms with Crippen molar-refractivity contribution in [2.75, 3.05) is 0 Å². The van der Waals surface area contributed by atoms with E-state index < -0.39 is 0 Å². The Hall–Kier alpha value is -5.45. The van der Waals surface area contributed by atoms with Crippen molar-refractivity contribution in [3.8, 4) is 33.8 Å². The summed E-state index contributed by atoms with van der Waals surface area (Å²) in [5.41, 5.74) is 7.78. The molecule has 0 spiro atoms. The number of benzene rings is 5. The van der Waals surface area contributed by atoms with Gasteiger partial charge < -0.3 is 0 Å². The Morgan fingerprint density at radius 2 is 1.16 bits per heavy atom. The molecule has 0 atom stereocenters. The molecule has 4 aromatic heterocycles. The lowest BCUT2D eigenvalue weighted by Crippen LogP contribution is -1.93. The predicted octanol–water partition coefficient (Wildman–Crippen LogP) is 10.7. The third kappa shape index (κ3) is 3.92. The van der Waals surface area contributed by atoms with E-state index in [0.717, 1.165) is 55.6 Å². The third-order valence-electron chi connectivity index (χ3n) is 8.31. The number of pyridine rings is 3. The first-order valence-electron chi connectivity index (χ1n) is 14.4. The van der Waals surface area contributed by atoms with Crippen LogP contribution >= 0.6 is 11.3 Å². The minimum absolute atomic E-state index is 0.836. The van der Waals surface area contributed by atoms with E-state index in [0.29, 0.717) is 0 Å². The fraction of sp³-hybridized carbons (Fsp3) is 0. The lowest BCUT2D eigenvalue weighted by molar-refractivity contribution is 1.28. The van der Waals surface area contributed by atoms with Crippen LogP contribution < -0.4 is 0 Å². The van der Waals surface area contributed by atoms with Crippen LogP contribution in [0, 0.1) is 0 Å². The van der Waals surface area contributed by atoms with Gasteiger partial charge in [0.1, 0.15) is 0 Å². The molecule has 5 aromatic carbocycles. The average molecular weight is 566 g/mol. The highest BCUT2D eigenvalue weighted by atomic mass is 32.1. The maximum absolute atomic E-state index is 5.15. The molecule has 0 aliphatic rings. The highest BCUT2D eigenvalue weighted by Crippen LogP contribution is 2.40. The molecule has 0 bridgehead atoms. The van der Waals surface area contributed by atoms with Crippen LogP contribution in [0.5, 0.6) is 0 Å². The Labute approximate surface area is 251 Å². The summed E-state index contributed by atoms with van der Waals surface area (Å²) in [6.45, 7) is 0. The summed E-state index contributed by atoms with van der Waals surface area (Å²) < 4.78 is 2.64. The molecule has 0 amide bonds. The van der Waals surface area contributed by atoms with E-state index >= 15 is 0 Å². The first-order chi connectivity index (χ1) is 21.3. The molecule has 0 unspecified atom stereocenters. The summed E-state index contributed by atoms with van der Waals surface area (Å²) in [5.74, 6) is 0. The van der Waals surface area contributed by atoms with Crippen molar-refractivity contribution in [2.45, 2.75) is 0 Å². The van der Waals surface area contributed by atoms with Gasteiger partial charge in [-0.3, -0.25) is 4.98 Å². The van der Waals surface area contributed by atoms with Crippen molar-refractivity contribution < 1.29 is 0 Å². The molecule has 0 N–H and O–H groups in total. The largest absolute Gasteiger partial charge is 0.253 e. The van der Waals surface area contributed by atoms with Crippen molar-refractivity contribution in [1.29, 1.82) is 0 Å². The van der Waals surface area contributed by atoms with Gasteiger partial charge in [-0.25, -0.2) is 9.97 Å². The minimum Gasteiger partial charge on any atom is -0.253 e. The van der Waals surface area contributed by atoms with Gasteiger partial charge in [-0.1, -0.05) is 103 Å². The van der Waals surface area contributed by atoms with Gasteiger partial charge in [0.05, 0.1) is 28.1 Å². The Bertz CT molecular complexity index is 2510. The van der Waals surface area contributed by atoms with Crippen molar-refractivity contribution in [1.82, 2.24) is 15.0 Å². The van der Waals surface area contributed by atoms with Gasteiger partial charge in [0.25, 0.3) is 0 Å². The van der Waals surface area contributed by atoms with Crippen molar-refractivity contribution in [3.05, 3.63) is 140 Å². The van der Waals surface area contributed by atoms with Crippen LogP contribution in [0.1, 0.15) is 0 Å². The zero-order valence-electron chi connectivity index (χ0n) is 23.0. The molecular formula is C39H23N3S. The topological polar surface area (TPSA) is 38.7 Å². The minimum atomic E-state index is 0.836.